The number of carbonyl (C=O) groups is 2. The summed E-state index contributed by atoms with van der Waals surface area (Å²) in [5, 5.41) is 9.07. The molecule has 10 heteroatoms. The van der Waals surface area contributed by atoms with E-state index < -0.39 is 23.8 Å². The first kappa shape index (κ1) is 30.4. The fourth-order valence-corrected chi connectivity index (χ4v) is 6.12. The van der Waals surface area contributed by atoms with Crippen LogP contribution in [-0.2, 0) is 16.1 Å². The molecule has 0 radical (unpaired) electrons. The summed E-state index contributed by atoms with van der Waals surface area (Å²) in [6, 6.07) is 27.7. The SMILES string of the molecule is CCOC(=O)C1=C(c2ccccc2)N=c2s/c(=C/c3ccc(OCc4ccc(C(=O)O)cc4)cc3)c(=O)n2[C@@H]1c1ccc(F)cc1. The Hall–Kier alpha value is -5.61. The Labute approximate surface area is 266 Å². The minimum Gasteiger partial charge on any atom is -0.489 e. The molecule has 6 rings (SSSR count). The fraction of sp³-hybridized carbons (Fsp3) is 0.111. The summed E-state index contributed by atoms with van der Waals surface area (Å²) < 4.78 is 27.1. The van der Waals surface area contributed by atoms with Crippen molar-refractivity contribution in [2.75, 3.05) is 6.61 Å². The summed E-state index contributed by atoms with van der Waals surface area (Å²) in [4.78, 5) is 43.8. The molecule has 1 N–H and O–H groups in total. The van der Waals surface area contributed by atoms with Crippen molar-refractivity contribution in [3.63, 3.8) is 0 Å². The van der Waals surface area contributed by atoms with Gasteiger partial charge in [0.25, 0.3) is 5.56 Å². The average Bonchev–Trinajstić information content (AvgIpc) is 3.38. The van der Waals surface area contributed by atoms with Crippen molar-refractivity contribution in [2.45, 2.75) is 19.6 Å². The molecule has 0 saturated heterocycles. The summed E-state index contributed by atoms with van der Waals surface area (Å²) in [5.74, 6) is -1.44. The van der Waals surface area contributed by atoms with Gasteiger partial charge < -0.3 is 14.6 Å². The highest BCUT2D eigenvalue weighted by atomic mass is 32.1. The Balaban J connectivity index is 1.38. The van der Waals surface area contributed by atoms with Crippen LogP contribution in [0.5, 0.6) is 5.75 Å². The van der Waals surface area contributed by atoms with E-state index in [2.05, 4.69) is 0 Å². The number of halogens is 1. The monoisotopic (exact) mass is 634 g/mol. The first-order chi connectivity index (χ1) is 22.3. The molecule has 0 fully saturated rings. The number of aromatic nitrogens is 1. The molecule has 0 unspecified atom stereocenters. The number of carbonyl (C=O) groups excluding carboxylic acids is 1. The van der Waals surface area contributed by atoms with Crippen molar-refractivity contribution in [1.29, 1.82) is 0 Å². The number of carboxylic acids is 1. The van der Waals surface area contributed by atoms with Crippen LogP contribution < -0.4 is 19.6 Å². The van der Waals surface area contributed by atoms with Gasteiger partial charge in [0.1, 0.15) is 18.2 Å². The first-order valence-electron chi connectivity index (χ1n) is 14.4. The maximum absolute atomic E-state index is 14.0. The Kier molecular flexibility index (Phi) is 8.71. The van der Waals surface area contributed by atoms with Crippen molar-refractivity contribution in [3.05, 3.63) is 162 Å². The Morgan fingerprint density at radius 1 is 0.957 bits per heavy atom. The maximum atomic E-state index is 14.0. The molecule has 0 saturated carbocycles. The maximum Gasteiger partial charge on any atom is 0.338 e. The Morgan fingerprint density at radius 2 is 1.65 bits per heavy atom. The number of hydrogen-bond donors (Lipinski definition) is 1. The second kappa shape index (κ2) is 13.2. The van der Waals surface area contributed by atoms with Gasteiger partial charge in [-0.1, -0.05) is 78.1 Å². The number of nitrogens with zero attached hydrogens (tertiary/aromatic N) is 2. The molecule has 0 aliphatic carbocycles. The van der Waals surface area contributed by atoms with E-state index in [1.165, 1.54) is 40.2 Å². The van der Waals surface area contributed by atoms with Crippen molar-refractivity contribution in [2.24, 2.45) is 4.99 Å². The molecule has 1 aliphatic rings. The van der Waals surface area contributed by atoms with Gasteiger partial charge in [0.05, 0.1) is 34.0 Å². The van der Waals surface area contributed by atoms with Crippen LogP contribution in [0.4, 0.5) is 4.39 Å². The van der Waals surface area contributed by atoms with Crippen LogP contribution in [0.25, 0.3) is 11.8 Å². The predicted octanol–water partition coefficient (Wildman–Crippen LogP) is 5.35. The van der Waals surface area contributed by atoms with E-state index in [4.69, 9.17) is 19.6 Å². The third-order valence-electron chi connectivity index (χ3n) is 7.34. The number of fused-ring (bicyclic) bond motifs is 1. The van der Waals surface area contributed by atoms with E-state index in [1.54, 1.807) is 49.4 Å². The van der Waals surface area contributed by atoms with Gasteiger partial charge in [-0.05, 0) is 66.1 Å². The van der Waals surface area contributed by atoms with Gasteiger partial charge in [0, 0.05) is 5.56 Å². The van der Waals surface area contributed by atoms with Crippen LogP contribution in [0.3, 0.4) is 0 Å². The number of benzene rings is 4. The van der Waals surface area contributed by atoms with Crippen LogP contribution in [0.2, 0.25) is 0 Å². The van der Waals surface area contributed by atoms with Crippen molar-refractivity contribution >= 4 is 35.0 Å². The summed E-state index contributed by atoms with van der Waals surface area (Å²) in [5.41, 5.74) is 3.23. The number of carboxylic acid groups (broad SMARTS) is 1. The summed E-state index contributed by atoms with van der Waals surface area (Å²) in [6.07, 6.45) is 1.75. The molecule has 1 aliphatic heterocycles. The highest BCUT2D eigenvalue weighted by molar-refractivity contribution is 7.07. The van der Waals surface area contributed by atoms with Gasteiger partial charge in [0.15, 0.2) is 4.80 Å². The smallest absolute Gasteiger partial charge is 0.338 e. The first-order valence-corrected chi connectivity index (χ1v) is 15.2. The molecular weight excluding hydrogens is 607 g/mol. The van der Waals surface area contributed by atoms with Gasteiger partial charge in [0.2, 0.25) is 0 Å². The third kappa shape index (κ3) is 6.29. The number of rotatable bonds is 9. The molecule has 8 nitrogen and oxygen atoms in total. The van der Waals surface area contributed by atoms with Gasteiger partial charge in [-0.2, -0.15) is 0 Å². The topological polar surface area (TPSA) is 107 Å². The number of aromatic carboxylic acids is 1. The second-order valence-electron chi connectivity index (χ2n) is 10.3. The zero-order valence-electron chi connectivity index (χ0n) is 24.6. The van der Waals surface area contributed by atoms with E-state index in [-0.39, 0.29) is 29.9 Å². The lowest BCUT2D eigenvalue weighted by molar-refractivity contribution is -0.138. The third-order valence-corrected chi connectivity index (χ3v) is 8.33. The molecule has 5 aromatic rings. The molecule has 4 aromatic carbocycles. The fourth-order valence-electron chi connectivity index (χ4n) is 5.12. The lowest BCUT2D eigenvalue weighted by Gasteiger charge is -2.25. The van der Waals surface area contributed by atoms with E-state index >= 15 is 0 Å². The molecule has 230 valence electrons. The highest BCUT2D eigenvalue weighted by Crippen LogP contribution is 2.35. The molecule has 46 heavy (non-hydrogen) atoms. The number of ether oxygens (including phenoxy) is 2. The van der Waals surface area contributed by atoms with Crippen LogP contribution in [0, 0.1) is 5.82 Å². The predicted molar refractivity (Wildman–Crippen MR) is 172 cm³/mol. The molecule has 1 aromatic heterocycles. The molecule has 0 bridgehead atoms. The lowest BCUT2D eigenvalue weighted by atomic mass is 9.93. The lowest BCUT2D eigenvalue weighted by Crippen LogP contribution is -2.40. The molecule has 0 amide bonds. The zero-order chi connectivity index (χ0) is 32.2. The van der Waals surface area contributed by atoms with Crippen LogP contribution >= 0.6 is 11.3 Å². The van der Waals surface area contributed by atoms with E-state index in [0.717, 1.165) is 11.1 Å². The van der Waals surface area contributed by atoms with Crippen molar-refractivity contribution in [3.8, 4) is 5.75 Å². The van der Waals surface area contributed by atoms with E-state index in [1.807, 2.05) is 42.5 Å². The van der Waals surface area contributed by atoms with Gasteiger partial charge in [-0.15, -0.1) is 0 Å². The van der Waals surface area contributed by atoms with Crippen LogP contribution in [-0.4, -0.2) is 28.2 Å². The van der Waals surface area contributed by atoms with E-state index in [0.29, 0.717) is 31.9 Å². The largest absolute Gasteiger partial charge is 0.489 e. The Morgan fingerprint density at radius 3 is 2.30 bits per heavy atom. The molecular formula is C36H27FN2O6S. The van der Waals surface area contributed by atoms with Crippen LogP contribution in [0.1, 0.15) is 45.6 Å². The second-order valence-corrected chi connectivity index (χ2v) is 11.4. The van der Waals surface area contributed by atoms with Crippen LogP contribution in [0.15, 0.2) is 118 Å². The number of hydrogen-bond acceptors (Lipinski definition) is 7. The zero-order valence-corrected chi connectivity index (χ0v) is 25.4. The minimum atomic E-state index is -0.988. The molecule has 0 spiro atoms. The van der Waals surface area contributed by atoms with Gasteiger partial charge >= 0.3 is 11.9 Å². The van der Waals surface area contributed by atoms with Crippen molar-refractivity contribution < 1.29 is 28.6 Å². The Bertz CT molecular complexity index is 2120. The van der Waals surface area contributed by atoms with Crippen molar-refractivity contribution in [1.82, 2.24) is 4.57 Å². The molecule has 1 atom stereocenters. The molecule has 2 heterocycles. The van der Waals surface area contributed by atoms with Gasteiger partial charge in [-0.3, -0.25) is 9.36 Å². The summed E-state index contributed by atoms with van der Waals surface area (Å²) in [6.45, 7) is 2.09. The standard InChI is InChI=1S/C36H27FN2O6S/c1-2-44-35(43)30-31(24-6-4-3-5-7-24)38-36-39(32(30)25-14-16-27(37)17-15-25)33(40)29(46-36)20-22-10-18-28(19-11-22)45-21-23-8-12-26(13-9-23)34(41)42/h3-20,32H,2,21H2,1H3,(H,41,42)/b29-20+/t32-/m1/s1. The summed E-state index contributed by atoms with van der Waals surface area (Å²) in [7, 11) is 0. The average molecular weight is 635 g/mol. The number of esters is 1. The number of thiazole rings is 1. The normalized spacial score (nSPS) is 14.4. The van der Waals surface area contributed by atoms with E-state index in [9.17, 15) is 18.8 Å². The quantitative estimate of drug-likeness (QED) is 0.219. The highest BCUT2D eigenvalue weighted by Gasteiger charge is 2.35. The summed E-state index contributed by atoms with van der Waals surface area (Å²) >= 11 is 1.19. The van der Waals surface area contributed by atoms with Gasteiger partial charge in [-0.25, -0.2) is 19.0 Å². The minimum absolute atomic E-state index is 0.127.